The predicted molar refractivity (Wildman–Crippen MR) is 130 cm³/mol. The molecule has 3 heterocycles. The Labute approximate surface area is 197 Å². The fourth-order valence-electron chi connectivity index (χ4n) is 4.45. The van der Waals surface area contributed by atoms with E-state index in [1.54, 1.807) is 11.6 Å². The van der Waals surface area contributed by atoms with Gasteiger partial charge in [0.05, 0.1) is 17.1 Å². The van der Waals surface area contributed by atoms with E-state index in [4.69, 9.17) is 4.52 Å². The number of pyridine rings is 1. The summed E-state index contributed by atoms with van der Waals surface area (Å²) in [5.41, 5.74) is 3.13. The van der Waals surface area contributed by atoms with Crippen LogP contribution >= 0.6 is 0 Å². The van der Waals surface area contributed by atoms with Gasteiger partial charge in [-0.15, -0.1) is 0 Å². The molecule has 174 valence electrons. The Morgan fingerprint density at radius 3 is 2.47 bits per heavy atom. The van der Waals surface area contributed by atoms with Crippen LogP contribution in [-0.2, 0) is 7.05 Å². The Bertz CT molecular complexity index is 1400. The Hall–Kier alpha value is -3.78. The number of aryl methyl sites for hydroxylation is 2. The summed E-state index contributed by atoms with van der Waals surface area (Å²) in [5.74, 6) is 1.03. The SMILES string of the molecule is Cc1ccc(-c2noc(C(C)N3CCN(C(=O)c4cc(=O)n(C)c5ccccc45)CC3)n2)cc1. The van der Waals surface area contributed by atoms with Crippen LogP contribution in [0.25, 0.3) is 22.3 Å². The lowest BCUT2D eigenvalue weighted by Gasteiger charge is -2.37. The summed E-state index contributed by atoms with van der Waals surface area (Å²) < 4.78 is 7.13. The third-order valence-electron chi connectivity index (χ3n) is 6.64. The number of carbonyl (C=O) groups is 1. The summed E-state index contributed by atoms with van der Waals surface area (Å²) in [6.07, 6.45) is 0. The first-order valence-electron chi connectivity index (χ1n) is 11.4. The molecule has 34 heavy (non-hydrogen) atoms. The number of fused-ring (bicyclic) bond motifs is 1. The van der Waals surface area contributed by atoms with Crippen LogP contribution in [0.5, 0.6) is 0 Å². The highest BCUT2D eigenvalue weighted by molar-refractivity contribution is 6.06. The number of amides is 1. The van der Waals surface area contributed by atoms with E-state index in [0.717, 1.165) is 16.5 Å². The standard InChI is InChI=1S/C26H27N5O3/c1-17-8-10-19(11-9-17)24-27-25(34-28-24)18(2)30-12-14-31(15-13-30)26(33)21-16-23(32)29(3)22-7-5-4-6-20(21)22/h4-11,16,18H,12-15H2,1-3H3. The lowest BCUT2D eigenvalue weighted by Crippen LogP contribution is -2.49. The minimum Gasteiger partial charge on any atom is -0.337 e. The van der Waals surface area contributed by atoms with Gasteiger partial charge in [-0.3, -0.25) is 14.5 Å². The maximum atomic E-state index is 13.3. The van der Waals surface area contributed by atoms with Gasteiger partial charge in [0, 0.05) is 50.2 Å². The minimum atomic E-state index is -0.185. The van der Waals surface area contributed by atoms with E-state index in [1.165, 1.54) is 11.6 Å². The Balaban J connectivity index is 1.29. The smallest absolute Gasteiger partial charge is 0.254 e. The lowest BCUT2D eigenvalue weighted by atomic mass is 10.1. The molecular weight excluding hydrogens is 430 g/mol. The number of para-hydroxylation sites is 1. The molecule has 1 saturated heterocycles. The van der Waals surface area contributed by atoms with E-state index in [2.05, 4.69) is 15.0 Å². The number of aromatic nitrogens is 3. The molecule has 5 rings (SSSR count). The van der Waals surface area contributed by atoms with Crippen molar-refractivity contribution in [3.05, 3.63) is 82.0 Å². The summed E-state index contributed by atoms with van der Waals surface area (Å²) in [4.78, 5) is 34.4. The molecule has 8 nitrogen and oxygen atoms in total. The molecule has 0 bridgehead atoms. The number of hydrogen-bond donors (Lipinski definition) is 0. The van der Waals surface area contributed by atoms with Gasteiger partial charge >= 0.3 is 0 Å². The van der Waals surface area contributed by atoms with E-state index < -0.39 is 0 Å². The predicted octanol–water partition coefficient (Wildman–Crippen LogP) is 3.42. The third kappa shape index (κ3) is 4.01. The van der Waals surface area contributed by atoms with Gasteiger partial charge in [-0.25, -0.2) is 0 Å². The topological polar surface area (TPSA) is 84.5 Å². The summed E-state index contributed by atoms with van der Waals surface area (Å²) in [5, 5.41) is 4.94. The second kappa shape index (κ2) is 8.87. The van der Waals surface area contributed by atoms with E-state index in [-0.39, 0.29) is 17.5 Å². The molecular formula is C26H27N5O3. The molecule has 1 unspecified atom stereocenters. The summed E-state index contributed by atoms with van der Waals surface area (Å²) in [7, 11) is 1.72. The number of piperazine rings is 1. The fraction of sp³-hybridized carbons (Fsp3) is 0.308. The summed E-state index contributed by atoms with van der Waals surface area (Å²) in [6, 6.07) is 16.9. The zero-order chi connectivity index (χ0) is 23.8. The average Bonchev–Trinajstić information content (AvgIpc) is 3.36. The van der Waals surface area contributed by atoms with Crippen molar-refractivity contribution in [3.63, 3.8) is 0 Å². The maximum Gasteiger partial charge on any atom is 0.254 e. The van der Waals surface area contributed by atoms with Crippen LogP contribution in [0.4, 0.5) is 0 Å². The maximum absolute atomic E-state index is 13.3. The first kappa shape index (κ1) is 22.0. The van der Waals surface area contributed by atoms with Gasteiger partial charge in [0.25, 0.3) is 11.5 Å². The summed E-state index contributed by atoms with van der Waals surface area (Å²) >= 11 is 0. The molecule has 1 aliphatic rings. The van der Waals surface area contributed by atoms with Crippen LogP contribution in [0.1, 0.15) is 34.8 Å². The number of benzene rings is 2. The van der Waals surface area contributed by atoms with Crippen LogP contribution in [0.3, 0.4) is 0 Å². The van der Waals surface area contributed by atoms with Crippen molar-refractivity contribution in [2.24, 2.45) is 7.05 Å². The number of rotatable bonds is 4. The normalized spacial score (nSPS) is 15.6. The van der Waals surface area contributed by atoms with Gasteiger partial charge in [-0.2, -0.15) is 4.98 Å². The molecule has 2 aromatic carbocycles. The van der Waals surface area contributed by atoms with Crippen LogP contribution in [0, 0.1) is 6.92 Å². The molecule has 0 N–H and O–H groups in total. The largest absolute Gasteiger partial charge is 0.337 e. The quantitative estimate of drug-likeness (QED) is 0.467. The number of hydrogen-bond acceptors (Lipinski definition) is 6. The summed E-state index contributed by atoms with van der Waals surface area (Å²) in [6.45, 7) is 6.56. The van der Waals surface area contributed by atoms with Gasteiger partial charge in [-0.1, -0.05) is 53.2 Å². The van der Waals surface area contributed by atoms with Crippen molar-refractivity contribution in [2.75, 3.05) is 26.2 Å². The van der Waals surface area contributed by atoms with Crippen molar-refractivity contribution in [1.29, 1.82) is 0 Å². The Morgan fingerprint density at radius 2 is 1.74 bits per heavy atom. The Kier molecular flexibility index (Phi) is 5.75. The molecule has 1 atom stereocenters. The van der Waals surface area contributed by atoms with Crippen molar-refractivity contribution in [1.82, 2.24) is 24.5 Å². The zero-order valence-corrected chi connectivity index (χ0v) is 19.6. The van der Waals surface area contributed by atoms with Gasteiger partial charge in [0.2, 0.25) is 11.7 Å². The van der Waals surface area contributed by atoms with Crippen molar-refractivity contribution >= 4 is 16.8 Å². The highest BCUT2D eigenvalue weighted by Crippen LogP contribution is 2.25. The van der Waals surface area contributed by atoms with E-state index in [1.807, 2.05) is 67.3 Å². The molecule has 0 radical (unpaired) electrons. The van der Waals surface area contributed by atoms with Gasteiger partial charge in [0.1, 0.15) is 0 Å². The van der Waals surface area contributed by atoms with Crippen molar-refractivity contribution < 1.29 is 9.32 Å². The second-order valence-electron chi connectivity index (χ2n) is 8.80. The molecule has 4 aromatic rings. The highest BCUT2D eigenvalue weighted by Gasteiger charge is 2.29. The minimum absolute atomic E-state index is 0.0613. The molecule has 2 aromatic heterocycles. The number of nitrogens with zero attached hydrogens (tertiary/aromatic N) is 5. The third-order valence-corrected chi connectivity index (χ3v) is 6.64. The number of carbonyl (C=O) groups excluding carboxylic acids is 1. The molecule has 0 saturated carbocycles. The molecule has 1 amide bonds. The van der Waals surface area contributed by atoms with E-state index in [0.29, 0.717) is 43.5 Å². The molecule has 0 spiro atoms. The van der Waals surface area contributed by atoms with Crippen LogP contribution in [0.15, 0.2) is 63.9 Å². The molecule has 1 aliphatic heterocycles. The fourth-order valence-corrected chi connectivity index (χ4v) is 4.45. The lowest BCUT2D eigenvalue weighted by molar-refractivity contribution is 0.0553. The monoisotopic (exact) mass is 457 g/mol. The van der Waals surface area contributed by atoms with Crippen LogP contribution < -0.4 is 5.56 Å². The molecule has 0 aliphatic carbocycles. The highest BCUT2D eigenvalue weighted by atomic mass is 16.5. The van der Waals surface area contributed by atoms with Gasteiger partial charge in [-0.05, 0) is 19.9 Å². The Morgan fingerprint density at radius 1 is 1.03 bits per heavy atom. The zero-order valence-electron chi connectivity index (χ0n) is 19.6. The molecule has 1 fully saturated rings. The van der Waals surface area contributed by atoms with Gasteiger partial charge in [0.15, 0.2) is 0 Å². The van der Waals surface area contributed by atoms with Crippen molar-refractivity contribution in [2.45, 2.75) is 19.9 Å². The van der Waals surface area contributed by atoms with E-state index >= 15 is 0 Å². The second-order valence-corrected chi connectivity index (χ2v) is 8.80. The van der Waals surface area contributed by atoms with Gasteiger partial charge < -0.3 is 14.0 Å². The van der Waals surface area contributed by atoms with Crippen LogP contribution in [-0.4, -0.2) is 56.6 Å². The first-order valence-corrected chi connectivity index (χ1v) is 11.4. The molecule has 8 heteroatoms. The average molecular weight is 458 g/mol. The van der Waals surface area contributed by atoms with E-state index in [9.17, 15) is 9.59 Å². The first-order chi connectivity index (χ1) is 16.4. The van der Waals surface area contributed by atoms with Crippen molar-refractivity contribution in [3.8, 4) is 11.4 Å². The van der Waals surface area contributed by atoms with Crippen LogP contribution in [0.2, 0.25) is 0 Å².